The van der Waals surface area contributed by atoms with Crippen molar-refractivity contribution in [3.63, 3.8) is 0 Å². The molecule has 0 N–H and O–H groups in total. The minimum absolute atomic E-state index is 0.254. The Morgan fingerprint density at radius 1 is 1.25 bits per heavy atom. The average molecular weight is 296 g/mol. The smallest absolute Gasteiger partial charge is 0.321 e. The fraction of sp³-hybridized carbons (Fsp3) is 0.600. The van der Waals surface area contributed by atoms with E-state index in [-0.39, 0.29) is 6.61 Å². The van der Waals surface area contributed by atoms with Crippen molar-refractivity contribution in [2.45, 2.75) is 53.2 Å². The molecule has 0 saturated carbocycles. The molecule has 2 heterocycles. The Labute approximate surface area is 123 Å². The summed E-state index contributed by atoms with van der Waals surface area (Å²) in [5, 5.41) is 0. The summed E-state index contributed by atoms with van der Waals surface area (Å²) in [6, 6.07) is 0. The van der Waals surface area contributed by atoms with Crippen LogP contribution in [-0.2, 0) is 32.1 Å². The van der Waals surface area contributed by atoms with Crippen LogP contribution in [0, 0.1) is 19.8 Å². The van der Waals surface area contributed by atoms with Gasteiger partial charge in [-0.05, 0) is 46.6 Å². The van der Waals surface area contributed by atoms with Gasteiger partial charge in [0.25, 0.3) is 0 Å². The molecule has 0 bridgehead atoms. The van der Waals surface area contributed by atoms with Gasteiger partial charge in [-0.15, -0.1) is 11.3 Å². The number of cyclic esters (lactones) is 1. The molecule has 0 radical (unpaired) electrons. The molecule has 110 valence electrons. The van der Waals surface area contributed by atoms with Gasteiger partial charge in [-0.3, -0.25) is 9.59 Å². The molecular formula is C15H20O4S. The zero-order valence-corrected chi connectivity index (χ0v) is 13.3. The molecule has 0 amide bonds. The predicted molar refractivity (Wildman–Crippen MR) is 76.6 cm³/mol. The minimum atomic E-state index is -0.858. The van der Waals surface area contributed by atoms with E-state index in [1.165, 1.54) is 0 Å². The van der Waals surface area contributed by atoms with Crippen LogP contribution in [0.1, 0.15) is 41.7 Å². The standard InChI is InChI=1S/C15H20O4S/c1-8-10-6-11(14(17)19-15(3,4)5)13(16)18-7-12(10)9(2)20-8/h11H,6-7H2,1-5H3/t11-/m1/s1. The Morgan fingerprint density at radius 3 is 2.45 bits per heavy atom. The van der Waals surface area contributed by atoms with Crippen molar-refractivity contribution < 1.29 is 19.1 Å². The van der Waals surface area contributed by atoms with E-state index in [2.05, 4.69) is 0 Å². The molecular weight excluding hydrogens is 276 g/mol. The molecule has 1 aliphatic heterocycles. The fourth-order valence-corrected chi connectivity index (χ4v) is 3.41. The summed E-state index contributed by atoms with van der Waals surface area (Å²) >= 11 is 1.68. The summed E-state index contributed by atoms with van der Waals surface area (Å²) in [4.78, 5) is 26.5. The highest BCUT2D eigenvalue weighted by atomic mass is 32.1. The number of thiophene rings is 1. The summed E-state index contributed by atoms with van der Waals surface area (Å²) in [6.45, 7) is 9.65. The number of carbonyl (C=O) groups excluding carboxylic acids is 2. The summed E-state index contributed by atoms with van der Waals surface area (Å²) < 4.78 is 10.6. The molecule has 1 atom stereocenters. The van der Waals surface area contributed by atoms with E-state index in [1.54, 1.807) is 32.1 Å². The third-order valence-electron chi connectivity index (χ3n) is 3.26. The third kappa shape index (κ3) is 3.03. The first kappa shape index (κ1) is 15.0. The van der Waals surface area contributed by atoms with Crippen LogP contribution in [0.2, 0.25) is 0 Å². The Kier molecular flexibility index (Phi) is 3.91. The highest BCUT2D eigenvalue weighted by Gasteiger charge is 2.36. The molecule has 1 aliphatic rings. The lowest BCUT2D eigenvalue weighted by molar-refractivity contribution is -0.169. The van der Waals surface area contributed by atoms with Gasteiger partial charge >= 0.3 is 11.9 Å². The van der Waals surface area contributed by atoms with Gasteiger partial charge in [0.15, 0.2) is 5.92 Å². The molecule has 0 saturated heterocycles. The summed E-state index contributed by atoms with van der Waals surface area (Å²) in [5.74, 6) is -1.85. The maximum absolute atomic E-state index is 12.2. The second-order valence-electron chi connectivity index (χ2n) is 6.07. The van der Waals surface area contributed by atoms with E-state index in [0.29, 0.717) is 6.42 Å². The number of rotatable bonds is 1. The number of aryl methyl sites for hydroxylation is 2. The van der Waals surface area contributed by atoms with Gasteiger partial charge in [0, 0.05) is 15.3 Å². The normalized spacial score (nSPS) is 19.1. The van der Waals surface area contributed by atoms with Crippen LogP contribution in [0.5, 0.6) is 0 Å². The van der Waals surface area contributed by atoms with Crippen molar-refractivity contribution in [2.75, 3.05) is 0 Å². The van der Waals surface area contributed by atoms with Crippen LogP contribution in [0.4, 0.5) is 0 Å². The summed E-state index contributed by atoms with van der Waals surface area (Å²) in [5.41, 5.74) is 1.51. The first-order valence-electron chi connectivity index (χ1n) is 6.66. The maximum atomic E-state index is 12.2. The van der Waals surface area contributed by atoms with Crippen molar-refractivity contribution in [3.05, 3.63) is 20.9 Å². The van der Waals surface area contributed by atoms with Crippen LogP contribution in [-0.4, -0.2) is 17.5 Å². The lowest BCUT2D eigenvalue weighted by Gasteiger charge is -2.22. The monoisotopic (exact) mass is 296 g/mol. The molecule has 1 aromatic heterocycles. The zero-order chi connectivity index (χ0) is 15.1. The number of ether oxygens (including phenoxy) is 2. The topological polar surface area (TPSA) is 52.6 Å². The van der Waals surface area contributed by atoms with E-state index >= 15 is 0 Å². The zero-order valence-electron chi connectivity index (χ0n) is 12.5. The van der Waals surface area contributed by atoms with Crippen LogP contribution < -0.4 is 0 Å². The van der Waals surface area contributed by atoms with Gasteiger partial charge in [0.05, 0.1) is 0 Å². The van der Waals surface area contributed by atoms with Crippen LogP contribution >= 0.6 is 11.3 Å². The molecule has 2 rings (SSSR count). The maximum Gasteiger partial charge on any atom is 0.321 e. The van der Waals surface area contributed by atoms with E-state index in [0.717, 1.165) is 20.9 Å². The fourth-order valence-electron chi connectivity index (χ4n) is 2.32. The van der Waals surface area contributed by atoms with E-state index < -0.39 is 23.5 Å². The number of fused-ring (bicyclic) bond motifs is 1. The number of carbonyl (C=O) groups is 2. The molecule has 0 aromatic carbocycles. The SMILES string of the molecule is Cc1sc(C)c2c1COC(=O)[C@H](C(=O)OC(C)(C)C)C2. The average Bonchev–Trinajstić information content (AvgIpc) is 2.45. The van der Waals surface area contributed by atoms with Crippen molar-refractivity contribution in [1.29, 1.82) is 0 Å². The molecule has 20 heavy (non-hydrogen) atoms. The Balaban J connectivity index is 2.28. The molecule has 0 fully saturated rings. The van der Waals surface area contributed by atoms with Gasteiger partial charge in [-0.1, -0.05) is 0 Å². The van der Waals surface area contributed by atoms with Gasteiger partial charge in [0.2, 0.25) is 0 Å². The van der Waals surface area contributed by atoms with Crippen molar-refractivity contribution in [1.82, 2.24) is 0 Å². The minimum Gasteiger partial charge on any atom is -0.460 e. The summed E-state index contributed by atoms with van der Waals surface area (Å²) in [7, 11) is 0. The summed E-state index contributed by atoms with van der Waals surface area (Å²) in [6.07, 6.45) is 0.374. The second-order valence-corrected chi connectivity index (χ2v) is 7.50. The first-order chi connectivity index (χ1) is 9.19. The van der Waals surface area contributed by atoms with Crippen molar-refractivity contribution in [3.8, 4) is 0 Å². The van der Waals surface area contributed by atoms with Gasteiger partial charge < -0.3 is 9.47 Å². The molecule has 0 unspecified atom stereocenters. The largest absolute Gasteiger partial charge is 0.460 e. The van der Waals surface area contributed by atoms with Crippen LogP contribution in [0.3, 0.4) is 0 Å². The molecule has 5 heteroatoms. The van der Waals surface area contributed by atoms with Crippen LogP contribution in [0.15, 0.2) is 0 Å². The molecule has 4 nitrogen and oxygen atoms in total. The third-order valence-corrected chi connectivity index (χ3v) is 4.37. The highest BCUT2D eigenvalue weighted by Crippen LogP contribution is 2.33. The van der Waals surface area contributed by atoms with Crippen molar-refractivity contribution >= 4 is 23.3 Å². The predicted octanol–water partition coefficient (Wildman–Crippen LogP) is 2.92. The van der Waals surface area contributed by atoms with Crippen LogP contribution in [0.25, 0.3) is 0 Å². The van der Waals surface area contributed by atoms with E-state index in [4.69, 9.17) is 9.47 Å². The van der Waals surface area contributed by atoms with Crippen molar-refractivity contribution in [2.24, 2.45) is 5.92 Å². The Hall–Kier alpha value is -1.36. The molecule has 0 spiro atoms. The molecule has 1 aromatic rings. The molecule has 0 aliphatic carbocycles. The van der Waals surface area contributed by atoms with E-state index in [1.807, 2.05) is 13.8 Å². The lowest BCUT2D eigenvalue weighted by atomic mass is 9.97. The Bertz CT molecular complexity index is 551. The number of esters is 2. The second kappa shape index (κ2) is 5.20. The van der Waals surface area contributed by atoms with Gasteiger partial charge in [-0.25, -0.2) is 0 Å². The number of hydrogen-bond acceptors (Lipinski definition) is 5. The first-order valence-corrected chi connectivity index (χ1v) is 7.48. The number of hydrogen-bond donors (Lipinski definition) is 0. The van der Waals surface area contributed by atoms with Gasteiger partial charge in [-0.2, -0.15) is 0 Å². The van der Waals surface area contributed by atoms with E-state index in [9.17, 15) is 9.59 Å². The quantitative estimate of drug-likeness (QED) is 0.590. The lowest BCUT2D eigenvalue weighted by Crippen LogP contribution is -2.34. The Morgan fingerprint density at radius 2 is 1.85 bits per heavy atom. The van der Waals surface area contributed by atoms with Gasteiger partial charge in [0.1, 0.15) is 12.2 Å². The highest BCUT2D eigenvalue weighted by molar-refractivity contribution is 7.12.